The Labute approximate surface area is 167 Å². The van der Waals surface area contributed by atoms with Crippen LogP contribution in [0, 0.1) is 29.1 Å². The van der Waals surface area contributed by atoms with Crippen LogP contribution in [0.25, 0.3) is 11.0 Å². The number of halogens is 5. The average molecular weight is 422 g/mol. The Kier molecular flexibility index (Phi) is 5.23. The summed E-state index contributed by atoms with van der Waals surface area (Å²) < 4.78 is 67.8. The Balaban J connectivity index is 1.67. The predicted molar refractivity (Wildman–Crippen MR) is 99.6 cm³/mol. The highest BCUT2D eigenvalue weighted by atomic mass is 19.2. The minimum atomic E-state index is -2.27. The van der Waals surface area contributed by atoms with Crippen LogP contribution in [-0.2, 0) is 11.2 Å². The molecule has 0 atom stereocenters. The van der Waals surface area contributed by atoms with Gasteiger partial charge in [-0.1, -0.05) is 12.1 Å². The molecule has 1 aromatic heterocycles. The van der Waals surface area contributed by atoms with E-state index in [0.717, 1.165) is 12.8 Å². The zero-order valence-corrected chi connectivity index (χ0v) is 15.5. The molecular formula is C20H15F5N4O. The Bertz CT molecular complexity index is 1120. The molecule has 0 bridgehead atoms. The molecule has 0 radical (unpaired) electrons. The number of amides is 1. The highest BCUT2D eigenvalue weighted by Crippen LogP contribution is 2.29. The first-order valence-corrected chi connectivity index (χ1v) is 9.18. The lowest BCUT2D eigenvalue weighted by Crippen LogP contribution is -2.24. The Hall–Kier alpha value is -3.30. The van der Waals surface area contributed by atoms with E-state index in [9.17, 15) is 26.7 Å². The lowest BCUT2D eigenvalue weighted by atomic mass is 10.1. The van der Waals surface area contributed by atoms with Gasteiger partial charge in [0.1, 0.15) is 0 Å². The first kappa shape index (κ1) is 20.0. The van der Waals surface area contributed by atoms with Gasteiger partial charge in [-0.15, -0.1) is 0 Å². The van der Waals surface area contributed by atoms with Gasteiger partial charge in [0.25, 0.3) is 0 Å². The third-order valence-electron chi connectivity index (χ3n) is 4.85. The zero-order valence-electron chi connectivity index (χ0n) is 15.5. The van der Waals surface area contributed by atoms with Crippen molar-refractivity contribution in [1.82, 2.24) is 9.97 Å². The van der Waals surface area contributed by atoms with E-state index in [4.69, 9.17) is 0 Å². The Morgan fingerprint density at radius 3 is 2.00 bits per heavy atom. The zero-order chi connectivity index (χ0) is 21.4. The Morgan fingerprint density at radius 2 is 1.40 bits per heavy atom. The van der Waals surface area contributed by atoms with E-state index in [1.807, 2.05) is 4.90 Å². The molecule has 1 aliphatic rings. The third-order valence-corrected chi connectivity index (χ3v) is 4.85. The minimum Gasteiger partial charge on any atom is -0.354 e. The van der Waals surface area contributed by atoms with Crippen LogP contribution in [0.2, 0.25) is 0 Å². The molecule has 3 aromatic rings. The molecule has 1 fully saturated rings. The van der Waals surface area contributed by atoms with Crippen molar-refractivity contribution >= 4 is 28.6 Å². The number of carbonyl (C=O) groups is 1. The van der Waals surface area contributed by atoms with Crippen molar-refractivity contribution in [2.75, 3.05) is 23.3 Å². The van der Waals surface area contributed by atoms with Crippen LogP contribution in [-0.4, -0.2) is 29.0 Å². The van der Waals surface area contributed by atoms with Gasteiger partial charge in [-0.2, -0.15) is 0 Å². The monoisotopic (exact) mass is 422 g/mol. The number of para-hydroxylation sites is 2. The molecule has 10 heteroatoms. The Morgan fingerprint density at radius 1 is 0.867 bits per heavy atom. The van der Waals surface area contributed by atoms with Gasteiger partial charge in [-0.3, -0.25) is 4.79 Å². The SMILES string of the molecule is O=C(Cc1c(F)c(F)c(F)c(F)c1F)Nc1nc2ccccc2nc1N1CCCC1. The van der Waals surface area contributed by atoms with Crippen LogP contribution >= 0.6 is 0 Å². The molecule has 2 aromatic carbocycles. The summed E-state index contributed by atoms with van der Waals surface area (Å²) in [6, 6.07) is 6.94. The van der Waals surface area contributed by atoms with Crippen molar-refractivity contribution in [3.05, 3.63) is 58.9 Å². The molecule has 30 heavy (non-hydrogen) atoms. The molecule has 1 aliphatic heterocycles. The normalized spacial score (nSPS) is 13.8. The summed E-state index contributed by atoms with van der Waals surface area (Å²) in [5.41, 5.74) is -0.135. The van der Waals surface area contributed by atoms with Crippen LogP contribution in [0.15, 0.2) is 24.3 Å². The van der Waals surface area contributed by atoms with Gasteiger partial charge in [-0.25, -0.2) is 31.9 Å². The van der Waals surface area contributed by atoms with Crippen LogP contribution in [0.1, 0.15) is 18.4 Å². The molecule has 1 amide bonds. The molecule has 0 saturated carbocycles. The van der Waals surface area contributed by atoms with Gasteiger partial charge in [0.05, 0.1) is 17.5 Å². The predicted octanol–water partition coefficient (Wildman–Crippen LogP) is 4.11. The minimum absolute atomic E-state index is 0.0597. The van der Waals surface area contributed by atoms with E-state index in [1.165, 1.54) is 0 Å². The molecule has 1 saturated heterocycles. The van der Waals surface area contributed by atoms with Crippen LogP contribution in [0.3, 0.4) is 0 Å². The number of benzene rings is 2. The van der Waals surface area contributed by atoms with Gasteiger partial charge >= 0.3 is 0 Å². The third kappa shape index (κ3) is 3.53. The summed E-state index contributed by atoms with van der Waals surface area (Å²) in [5, 5.41) is 2.41. The molecule has 1 N–H and O–H groups in total. The second-order valence-corrected chi connectivity index (χ2v) is 6.85. The van der Waals surface area contributed by atoms with Gasteiger partial charge in [-0.05, 0) is 25.0 Å². The fourth-order valence-electron chi connectivity index (χ4n) is 3.37. The molecule has 156 valence electrons. The number of hydrogen-bond acceptors (Lipinski definition) is 4. The number of fused-ring (bicyclic) bond motifs is 1. The maximum absolute atomic E-state index is 13.9. The molecular weight excluding hydrogens is 407 g/mol. The largest absolute Gasteiger partial charge is 0.354 e. The summed E-state index contributed by atoms with van der Waals surface area (Å²) in [4.78, 5) is 23.2. The number of hydrogen-bond donors (Lipinski definition) is 1. The van der Waals surface area contributed by atoms with E-state index in [2.05, 4.69) is 15.3 Å². The molecule has 0 unspecified atom stereocenters. The molecule has 4 rings (SSSR count). The molecule has 2 heterocycles. The molecule has 0 spiro atoms. The van der Waals surface area contributed by atoms with E-state index in [1.54, 1.807) is 24.3 Å². The first-order valence-electron chi connectivity index (χ1n) is 9.18. The summed E-state index contributed by atoms with van der Waals surface area (Å²) in [5.74, 6) is -11.1. The second kappa shape index (κ2) is 7.85. The number of nitrogens with zero attached hydrogens (tertiary/aromatic N) is 3. The van der Waals surface area contributed by atoms with Crippen molar-refractivity contribution in [2.24, 2.45) is 0 Å². The molecule has 0 aliphatic carbocycles. The number of nitrogens with one attached hydrogen (secondary N) is 1. The van der Waals surface area contributed by atoms with Crippen molar-refractivity contribution in [3.63, 3.8) is 0 Å². The topological polar surface area (TPSA) is 58.1 Å². The number of anilines is 2. The van der Waals surface area contributed by atoms with Crippen molar-refractivity contribution in [2.45, 2.75) is 19.3 Å². The summed E-state index contributed by atoms with van der Waals surface area (Å²) in [7, 11) is 0. The number of aromatic nitrogens is 2. The summed E-state index contributed by atoms with van der Waals surface area (Å²) in [6.07, 6.45) is 0.790. The highest BCUT2D eigenvalue weighted by molar-refractivity contribution is 5.95. The van der Waals surface area contributed by atoms with Gasteiger partial charge in [0.15, 0.2) is 34.9 Å². The van der Waals surface area contributed by atoms with Crippen molar-refractivity contribution in [3.8, 4) is 0 Å². The van der Waals surface area contributed by atoms with Gasteiger partial charge in [0, 0.05) is 18.7 Å². The fourth-order valence-corrected chi connectivity index (χ4v) is 3.37. The van der Waals surface area contributed by atoms with Crippen LogP contribution in [0.5, 0.6) is 0 Å². The summed E-state index contributed by atoms with van der Waals surface area (Å²) in [6.45, 7) is 1.38. The van der Waals surface area contributed by atoms with Gasteiger partial charge in [0.2, 0.25) is 11.7 Å². The fraction of sp³-hybridized carbons (Fsp3) is 0.250. The number of rotatable bonds is 4. The smallest absolute Gasteiger partial charge is 0.230 e. The van der Waals surface area contributed by atoms with Crippen molar-refractivity contribution in [1.29, 1.82) is 0 Å². The lowest BCUT2D eigenvalue weighted by Gasteiger charge is -2.20. The van der Waals surface area contributed by atoms with Crippen molar-refractivity contribution < 1.29 is 26.7 Å². The van der Waals surface area contributed by atoms with E-state index < -0.39 is 47.0 Å². The van der Waals surface area contributed by atoms with E-state index >= 15 is 0 Å². The first-order chi connectivity index (χ1) is 14.4. The van der Waals surface area contributed by atoms with E-state index in [-0.39, 0.29) is 5.82 Å². The van der Waals surface area contributed by atoms with Crippen LogP contribution in [0.4, 0.5) is 33.6 Å². The number of carbonyl (C=O) groups excluding carboxylic acids is 1. The molecule has 5 nitrogen and oxygen atoms in total. The summed E-state index contributed by atoms with van der Waals surface area (Å²) >= 11 is 0. The van der Waals surface area contributed by atoms with E-state index in [0.29, 0.717) is 29.9 Å². The second-order valence-electron chi connectivity index (χ2n) is 6.85. The highest BCUT2D eigenvalue weighted by Gasteiger charge is 2.28. The average Bonchev–Trinajstić information content (AvgIpc) is 3.28. The van der Waals surface area contributed by atoms with Gasteiger partial charge < -0.3 is 10.2 Å². The maximum Gasteiger partial charge on any atom is 0.230 e. The quantitative estimate of drug-likeness (QED) is 0.391. The maximum atomic E-state index is 13.9. The van der Waals surface area contributed by atoms with Crippen LogP contribution < -0.4 is 10.2 Å². The lowest BCUT2D eigenvalue weighted by molar-refractivity contribution is -0.115. The standard InChI is InChI=1S/C20H15F5N4O/c21-14-10(15(22)17(24)18(25)16(14)23)9-13(30)28-19-20(29-7-3-4-8-29)27-12-6-2-1-5-11(12)26-19/h1-2,5-6H,3-4,7-9H2,(H,26,28,30).